The van der Waals surface area contributed by atoms with Crippen LogP contribution in [0.5, 0.6) is 0 Å². The topological polar surface area (TPSA) is 32.3 Å². The first-order chi connectivity index (χ1) is 14.7. The Morgan fingerprint density at radius 2 is 1.30 bits per heavy atom. The third-order valence-electron chi connectivity index (χ3n) is 6.95. The second-order valence-electron chi connectivity index (χ2n) is 9.37. The van der Waals surface area contributed by atoms with Crippen molar-refractivity contribution in [2.75, 3.05) is 6.54 Å². The molecule has 1 aliphatic heterocycles. The molecule has 0 aromatic carbocycles. The number of nitrogens with zero attached hydrogens (tertiary/aromatic N) is 1. The summed E-state index contributed by atoms with van der Waals surface area (Å²) < 4.78 is 0.674. The lowest BCUT2D eigenvalue weighted by Crippen LogP contribution is -2.57. The smallest absolute Gasteiger partial charge is 0.193 e. The van der Waals surface area contributed by atoms with Crippen LogP contribution in [0, 0.1) is 0 Å². The predicted molar refractivity (Wildman–Crippen MR) is 132 cm³/mol. The van der Waals surface area contributed by atoms with Crippen LogP contribution in [0.2, 0.25) is 0 Å². The number of hydrogen-bond acceptors (Lipinski definition) is 2. The van der Waals surface area contributed by atoms with Crippen molar-refractivity contribution in [3.05, 3.63) is 24.6 Å². The van der Waals surface area contributed by atoms with Crippen LogP contribution in [0.3, 0.4) is 0 Å². The van der Waals surface area contributed by atoms with Gasteiger partial charge in [0.25, 0.3) is 0 Å². The highest BCUT2D eigenvalue weighted by Crippen LogP contribution is 2.25. The Balaban J connectivity index is 1.86. The van der Waals surface area contributed by atoms with Gasteiger partial charge in [0.15, 0.2) is 12.4 Å². The van der Waals surface area contributed by atoms with Crippen LogP contribution in [0.15, 0.2) is 24.6 Å². The lowest BCUT2D eigenvalue weighted by atomic mass is 10.0. The molecule has 3 nitrogen and oxygen atoms in total. The number of aliphatic hydroxyl groups excluding tert-OH is 1. The van der Waals surface area contributed by atoms with E-state index in [0.29, 0.717) is 10.6 Å². The van der Waals surface area contributed by atoms with Gasteiger partial charge in [-0.2, -0.15) is 0 Å². The monoisotopic (exact) mass is 421 g/mol. The maximum atomic E-state index is 10.2. The van der Waals surface area contributed by atoms with Crippen molar-refractivity contribution in [2.45, 2.75) is 142 Å². The summed E-state index contributed by atoms with van der Waals surface area (Å²) in [5.41, 5.74) is 0. The molecule has 3 unspecified atom stereocenters. The van der Waals surface area contributed by atoms with E-state index in [2.05, 4.69) is 37.5 Å². The van der Waals surface area contributed by atoms with E-state index in [-0.39, 0.29) is 6.23 Å². The van der Waals surface area contributed by atoms with Gasteiger partial charge >= 0.3 is 0 Å². The Hall–Kier alpha value is -0.800. The largest absolute Gasteiger partial charge is 0.345 e. The van der Waals surface area contributed by atoms with Crippen LogP contribution >= 0.6 is 0 Å². The maximum absolute atomic E-state index is 10.2. The minimum absolute atomic E-state index is 0.336. The fraction of sp³-hybridized carbons (Fsp3) is 0.852. The summed E-state index contributed by atoms with van der Waals surface area (Å²) in [5.74, 6) is 0. The molecule has 1 rings (SSSR count). The van der Waals surface area contributed by atoms with E-state index < -0.39 is 0 Å². The molecule has 3 atom stereocenters. The molecule has 0 fully saturated rings. The molecule has 0 bridgehead atoms. The number of allylic oxidation sites excluding steroid dienone is 2. The van der Waals surface area contributed by atoms with E-state index in [4.69, 9.17) is 0 Å². The van der Waals surface area contributed by atoms with Crippen molar-refractivity contribution in [3.63, 3.8) is 0 Å². The highest BCUT2D eigenvalue weighted by molar-refractivity contribution is 4.84. The fourth-order valence-corrected chi connectivity index (χ4v) is 4.77. The van der Waals surface area contributed by atoms with Gasteiger partial charge in [0.2, 0.25) is 0 Å². The first kappa shape index (κ1) is 27.2. The van der Waals surface area contributed by atoms with Crippen LogP contribution in [-0.2, 0) is 0 Å². The second-order valence-corrected chi connectivity index (χ2v) is 9.37. The second kappa shape index (κ2) is 17.8. The summed E-state index contributed by atoms with van der Waals surface area (Å²) in [6.07, 6.45) is 32.0. The Labute approximate surface area is 188 Å². The standard InChI is InChI=1S/C27H53N2O/c1-4-6-7-8-9-10-11-12-13-14-15-16-17-18-19-20-21-22-23-27-28-24-25-29(27,5-2)26(3)30/h12-13,24-28,30H,4-11,14-23H2,1-3H3/q+1/b13-12+. The Morgan fingerprint density at radius 3 is 1.80 bits per heavy atom. The summed E-state index contributed by atoms with van der Waals surface area (Å²) in [7, 11) is 0. The quantitative estimate of drug-likeness (QED) is 0.119. The van der Waals surface area contributed by atoms with Gasteiger partial charge in [-0.05, 0) is 39.0 Å². The maximum Gasteiger partial charge on any atom is 0.193 e. The molecule has 0 aromatic rings. The molecule has 0 radical (unpaired) electrons. The molecule has 0 saturated heterocycles. The average molecular weight is 422 g/mol. The van der Waals surface area contributed by atoms with Crippen molar-refractivity contribution in [3.8, 4) is 0 Å². The van der Waals surface area contributed by atoms with Crippen molar-refractivity contribution in [1.82, 2.24) is 5.32 Å². The van der Waals surface area contributed by atoms with Gasteiger partial charge in [0, 0.05) is 13.3 Å². The molecule has 30 heavy (non-hydrogen) atoms. The lowest BCUT2D eigenvalue weighted by molar-refractivity contribution is -0.942. The van der Waals surface area contributed by atoms with E-state index in [1.54, 1.807) is 0 Å². The molecule has 0 saturated carbocycles. The zero-order valence-corrected chi connectivity index (χ0v) is 20.6. The first-order valence-electron chi connectivity index (χ1n) is 13.3. The summed E-state index contributed by atoms with van der Waals surface area (Å²) >= 11 is 0. The van der Waals surface area contributed by atoms with Crippen LogP contribution in [0.1, 0.15) is 130 Å². The van der Waals surface area contributed by atoms with Gasteiger partial charge in [0.05, 0.1) is 12.7 Å². The SMILES string of the molecule is CCCCCCCC/C=C/CCCCCCCCCCC1NC=C[N+]1(CC)C(C)O. The van der Waals surface area contributed by atoms with E-state index >= 15 is 0 Å². The van der Waals surface area contributed by atoms with E-state index in [0.717, 1.165) is 13.0 Å². The van der Waals surface area contributed by atoms with Crippen molar-refractivity contribution < 1.29 is 9.59 Å². The van der Waals surface area contributed by atoms with Gasteiger partial charge in [-0.3, -0.25) is 4.48 Å². The predicted octanol–water partition coefficient (Wildman–Crippen LogP) is 7.77. The summed E-state index contributed by atoms with van der Waals surface area (Å²) in [5, 5.41) is 13.7. The molecule has 1 heterocycles. The molecule has 1 aliphatic rings. The van der Waals surface area contributed by atoms with Gasteiger partial charge in [0.1, 0.15) is 6.20 Å². The van der Waals surface area contributed by atoms with Gasteiger partial charge in [-0.25, -0.2) is 0 Å². The summed E-state index contributed by atoms with van der Waals surface area (Å²) in [4.78, 5) is 0. The molecule has 0 aliphatic carbocycles. The minimum atomic E-state index is -0.336. The van der Waals surface area contributed by atoms with Crippen molar-refractivity contribution in [1.29, 1.82) is 0 Å². The van der Waals surface area contributed by atoms with E-state index in [1.165, 1.54) is 103 Å². The number of hydrogen-bond donors (Lipinski definition) is 2. The normalized spacial score (nSPS) is 22.1. The van der Waals surface area contributed by atoms with Gasteiger partial charge < -0.3 is 10.4 Å². The van der Waals surface area contributed by atoms with Crippen LogP contribution in [0.4, 0.5) is 0 Å². The molecule has 0 spiro atoms. The van der Waals surface area contributed by atoms with Crippen LogP contribution in [0.25, 0.3) is 0 Å². The number of quaternary nitrogens is 1. The highest BCUT2D eigenvalue weighted by Gasteiger charge is 2.40. The summed E-state index contributed by atoms with van der Waals surface area (Å²) in [6.45, 7) is 7.31. The number of unbranched alkanes of at least 4 members (excludes halogenated alkanes) is 14. The lowest BCUT2D eigenvalue weighted by Gasteiger charge is -2.39. The van der Waals surface area contributed by atoms with Crippen LogP contribution < -0.4 is 5.32 Å². The van der Waals surface area contributed by atoms with E-state index in [1.807, 2.05) is 13.1 Å². The molecule has 2 N–H and O–H groups in total. The zero-order chi connectivity index (χ0) is 21.9. The van der Waals surface area contributed by atoms with Gasteiger partial charge in [-0.15, -0.1) is 0 Å². The Bertz CT molecular complexity index is 446. The zero-order valence-electron chi connectivity index (χ0n) is 20.6. The highest BCUT2D eigenvalue weighted by atomic mass is 16.3. The molecule has 0 aromatic heterocycles. The van der Waals surface area contributed by atoms with E-state index in [9.17, 15) is 5.11 Å². The summed E-state index contributed by atoms with van der Waals surface area (Å²) in [6, 6.07) is 0. The number of nitrogens with one attached hydrogen (secondary N) is 1. The number of rotatable bonds is 20. The number of aliphatic hydroxyl groups is 1. The third kappa shape index (κ3) is 11.0. The molecule has 176 valence electrons. The van der Waals surface area contributed by atoms with Crippen LogP contribution in [-0.4, -0.2) is 28.5 Å². The third-order valence-corrected chi connectivity index (χ3v) is 6.95. The van der Waals surface area contributed by atoms with Crippen molar-refractivity contribution in [2.24, 2.45) is 0 Å². The molecular formula is C27H53N2O+. The minimum Gasteiger partial charge on any atom is -0.345 e. The molecule has 3 heteroatoms. The first-order valence-corrected chi connectivity index (χ1v) is 13.3. The average Bonchev–Trinajstić information content (AvgIpc) is 3.17. The Kier molecular flexibility index (Phi) is 16.2. The molecule has 0 amide bonds. The fourth-order valence-electron chi connectivity index (χ4n) is 4.77. The Morgan fingerprint density at radius 1 is 0.800 bits per heavy atom. The van der Waals surface area contributed by atoms with Gasteiger partial charge in [-0.1, -0.05) is 89.7 Å². The molecular weight excluding hydrogens is 368 g/mol. The van der Waals surface area contributed by atoms with Crippen molar-refractivity contribution >= 4 is 0 Å².